The maximum absolute atomic E-state index is 11.0. The van der Waals surface area contributed by atoms with E-state index in [1.54, 1.807) is 13.0 Å². The van der Waals surface area contributed by atoms with Crippen molar-refractivity contribution in [2.45, 2.75) is 6.92 Å². The van der Waals surface area contributed by atoms with Crippen LogP contribution in [0.3, 0.4) is 0 Å². The zero-order valence-electron chi connectivity index (χ0n) is 5.33. The van der Waals surface area contributed by atoms with Gasteiger partial charge in [0.05, 0.1) is 4.91 Å². The van der Waals surface area contributed by atoms with Crippen LogP contribution in [0.1, 0.15) is 6.92 Å². The quantitative estimate of drug-likeness (QED) is 0.253. The molecule has 5 heteroatoms. The maximum Gasteiger partial charge on any atom is 0.280 e. The Hall–Kier alpha value is -0.390. The van der Waals surface area contributed by atoms with E-state index in [9.17, 15) is 4.79 Å². The Bertz CT molecular complexity index is 224. The number of rotatable bonds is 0. The van der Waals surface area contributed by atoms with Crippen LogP contribution in [0.2, 0.25) is 0 Å². The fourth-order valence-electron chi connectivity index (χ4n) is 0.571. The topological polar surface area (TPSA) is 46.3 Å². The largest absolute Gasteiger partial charge is 0.280 e. The van der Waals surface area contributed by atoms with Crippen LogP contribution in [-0.4, -0.2) is 15.2 Å². The minimum Gasteiger partial charge on any atom is -0.267 e. The number of allylic oxidation sites excluding steroid dienone is 1. The number of thioether (sulfide) groups is 1. The van der Waals surface area contributed by atoms with Gasteiger partial charge < -0.3 is 0 Å². The lowest BCUT2D eigenvalue weighted by molar-refractivity contribution is -0.122. The summed E-state index contributed by atoms with van der Waals surface area (Å²) < 4.78 is 0.415. The summed E-state index contributed by atoms with van der Waals surface area (Å²) in [6.45, 7) is 1.78. The molecule has 54 valence electrons. The number of carbonyl (C=O) groups is 1. The predicted octanol–water partition coefficient (Wildman–Crippen LogP) is 0.624. The van der Waals surface area contributed by atoms with Gasteiger partial charge in [0.2, 0.25) is 0 Å². The summed E-state index contributed by atoms with van der Waals surface area (Å²) in [6.07, 6.45) is 1.70. The molecule has 0 unspecified atom stereocenters. The van der Waals surface area contributed by atoms with Crippen LogP contribution in [0.25, 0.3) is 0 Å². The van der Waals surface area contributed by atoms with Crippen LogP contribution >= 0.6 is 24.0 Å². The molecular formula is C5H6N2OS2. The Morgan fingerprint density at radius 1 is 1.80 bits per heavy atom. The molecule has 0 aromatic heterocycles. The summed E-state index contributed by atoms with van der Waals surface area (Å²) in [5.74, 6) is 5.06. The highest BCUT2D eigenvalue weighted by atomic mass is 32.2. The highest BCUT2D eigenvalue weighted by Gasteiger charge is 2.28. The lowest BCUT2D eigenvalue weighted by atomic mass is 10.5. The summed E-state index contributed by atoms with van der Waals surface area (Å²) in [4.78, 5) is 11.6. The Labute approximate surface area is 68.2 Å². The Kier molecular flexibility index (Phi) is 2.08. The van der Waals surface area contributed by atoms with E-state index >= 15 is 0 Å². The first-order valence-corrected chi connectivity index (χ1v) is 3.86. The summed E-state index contributed by atoms with van der Waals surface area (Å²) in [5.41, 5.74) is 0. The molecule has 0 aromatic carbocycles. The van der Waals surface area contributed by atoms with Crippen molar-refractivity contribution in [1.82, 2.24) is 5.01 Å². The first kappa shape index (κ1) is 7.71. The number of nitrogens with two attached hydrogens (primary N) is 1. The molecule has 0 atom stereocenters. The maximum atomic E-state index is 11.0. The summed E-state index contributed by atoms with van der Waals surface area (Å²) in [6, 6.07) is 0. The Morgan fingerprint density at radius 3 is 2.60 bits per heavy atom. The van der Waals surface area contributed by atoms with Gasteiger partial charge in [0, 0.05) is 0 Å². The number of carbonyl (C=O) groups excluding carboxylic acids is 1. The molecule has 3 nitrogen and oxygen atoms in total. The van der Waals surface area contributed by atoms with Gasteiger partial charge in [-0.2, -0.15) is 0 Å². The fourth-order valence-corrected chi connectivity index (χ4v) is 1.60. The van der Waals surface area contributed by atoms with Crippen LogP contribution in [0, 0.1) is 0 Å². The summed E-state index contributed by atoms with van der Waals surface area (Å²) >= 11 is 5.99. The molecule has 10 heavy (non-hydrogen) atoms. The summed E-state index contributed by atoms with van der Waals surface area (Å²) in [7, 11) is 0. The molecule has 1 saturated heterocycles. The number of hydrazine groups is 1. The van der Waals surface area contributed by atoms with Gasteiger partial charge in [-0.3, -0.25) is 4.79 Å². The highest BCUT2D eigenvalue weighted by Crippen LogP contribution is 2.27. The molecule has 1 aliphatic rings. The average Bonchev–Trinajstić information content (AvgIpc) is 2.17. The van der Waals surface area contributed by atoms with Crippen LogP contribution in [-0.2, 0) is 4.79 Å². The molecule has 1 aliphatic heterocycles. The molecule has 1 rings (SSSR count). The van der Waals surface area contributed by atoms with E-state index < -0.39 is 0 Å². The molecule has 1 fully saturated rings. The van der Waals surface area contributed by atoms with Crippen molar-refractivity contribution in [3.63, 3.8) is 0 Å². The molecule has 2 N–H and O–H groups in total. The summed E-state index contributed by atoms with van der Waals surface area (Å²) in [5, 5.41) is 0.981. The normalized spacial score (nSPS) is 23.0. The first-order valence-electron chi connectivity index (χ1n) is 2.64. The van der Waals surface area contributed by atoms with Gasteiger partial charge in [0.1, 0.15) is 0 Å². The van der Waals surface area contributed by atoms with E-state index in [1.807, 2.05) is 0 Å². The van der Waals surface area contributed by atoms with Crippen LogP contribution in [0.5, 0.6) is 0 Å². The molecule has 0 saturated carbocycles. The van der Waals surface area contributed by atoms with Gasteiger partial charge in [-0.15, -0.1) is 0 Å². The predicted molar refractivity (Wildman–Crippen MR) is 45.0 cm³/mol. The molecule has 0 aliphatic carbocycles. The van der Waals surface area contributed by atoms with Gasteiger partial charge in [-0.1, -0.05) is 30.1 Å². The van der Waals surface area contributed by atoms with Crippen molar-refractivity contribution in [1.29, 1.82) is 0 Å². The van der Waals surface area contributed by atoms with Crippen LogP contribution in [0.15, 0.2) is 11.0 Å². The third-order valence-electron chi connectivity index (χ3n) is 1.09. The molecule has 0 bridgehead atoms. The Balaban J connectivity index is 2.92. The second-order valence-electron chi connectivity index (χ2n) is 1.70. The fraction of sp³-hybridized carbons (Fsp3) is 0.200. The van der Waals surface area contributed by atoms with E-state index in [0.717, 1.165) is 5.01 Å². The number of thiocarbonyl (C=S) groups is 1. The van der Waals surface area contributed by atoms with Crippen molar-refractivity contribution in [2.24, 2.45) is 5.84 Å². The van der Waals surface area contributed by atoms with Gasteiger partial charge in [-0.05, 0) is 6.92 Å². The molecule has 0 aromatic rings. The van der Waals surface area contributed by atoms with E-state index in [4.69, 9.17) is 18.1 Å². The Morgan fingerprint density at radius 2 is 2.40 bits per heavy atom. The van der Waals surface area contributed by atoms with Gasteiger partial charge in [0.25, 0.3) is 5.91 Å². The van der Waals surface area contributed by atoms with Crippen LogP contribution < -0.4 is 5.84 Å². The minimum atomic E-state index is -0.211. The van der Waals surface area contributed by atoms with Crippen molar-refractivity contribution >= 4 is 34.2 Å². The second kappa shape index (κ2) is 2.69. The van der Waals surface area contributed by atoms with E-state index in [2.05, 4.69) is 0 Å². The molecule has 0 radical (unpaired) electrons. The number of hydrogen-bond acceptors (Lipinski definition) is 4. The average molecular weight is 174 g/mol. The second-order valence-corrected chi connectivity index (χ2v) is 3.37. The smallest absolute Gasteiger partial charge is 0.267 e. The number of hydrogen-bond donors (Lipinski definition) is 1. The number of amides is 1. The molecule has 1 amide bonds. The minimum absolute atomic E-state index is 0.211. The monoisotopic (exact) mass is 174 g/mol. The van der Waals surface area contributed by atoms with E-state index in [-0.39, 0.29) is 5.91 Å². The molecule has 0 spiro atoms. The third-order valence-corrected chi connectivity index (χ3v) is 2.53. The van der Waals surface area contributed by atoms with Crippen LogP contribution in [0.4, 0.5) is 0 Å². The highest BCUT2D eigenvalue weighted by molar-refractivity contribution is 8.26. The molecule has 1 heterocycles. The zero-order valence-corrected chi connectivity index (χ0v) is 6.96. The van der Waals surface area contributed by atoms with E-state index in [1.165, 1.54) is 11.8 Å². The lowest BCUT2D eigenvalue weighted by Crippen LogP contribution is -2.34. The SMILES string of the molecule is C/C=C1\SC(=S)N(N)C1=O. The van der Waals surface area contributed by atoms with Crippen molar-refractivity contribution in [2.75, 3.05) is 0 Å². The zero-order chi connectivity index (χ0) is 7.72. The standard InChI is InChI=1S/C5H6N2OS2/c1-2-3-4(8)7(6)5(9)10-3/h2H,6H2,1H3/b3-2-. The first-order chi connectivity index (χ1) is 4.66. The van der Waals surface area contributed by atoms with Gasteiger partial charge >= 0.3 is 0 Å². The van der Waals surface area contributed by atoms with Crippen molar-refractivity contribution in [3.8, 4) is 0 Å². The third kappa shape index (κ3) is 1.07. The van der Waals surface area contributed by atoms with Crippen molar-refractivity contribution in [3.05, 3.63) is 11.0 Å². The van der Waals surface area contributed by atoms with E-state index in [0.29, 0.717) is 9.23 Å². The lowest BCUT2D eigenvalue weighted by Gasteiger charge is -2.02. The number of nitrogens with zero attached hydrogens (tertiary/aromatic N) is 1. The molecular weight excluding hydrogens is 168 g/mol. The van der Waals surface area contributed by atoms with Gasteiger partial charge in [0.15, 0.2) is 4.32 Å². The van der Waals surface area contributed by atoms with Gasteiger partial charge in [-0.25, -0.2) is 10.9 Å². The van der Waals surface area contributed by atoms with Crippen molar-refractivity contribution < 1.29 is 4.79 Å².